The number of aliphatic carboxylic acids is 2. The second kappa shape index (κ2) is 29.9. The van der Waals surface area contributed by atoms with Gasteiger partial charge in [-0.25, -0.2) is 0 Å². The molecule has 6 rings (SSSR count). The molecule has 54 heavy (non-hydrogen) atoms. The Labute approximate surface area is 352 Å². The molecule has 0 saturated heterocycles. The number of hydrogen-bond donors (Lipinski definition) is 2. The van der Waals surface area contributed by atoms with Crippen molar-refractivity contribution in [3.63, 3.8) is 0 Å². The summed E-state index contributed by atoms with van der Waals surface area (Å²) < 4.78 is 0. The number of pyridine rings is 4. The third-order valence-corrected chi connectivity index (χ3v) is 5.48. The summed E-state index contributed by atoms with van der Waals surface area (Å²) in [5, 5.41) is 38.1. The number of carbonyl (C=O) groups excluding carboxylic acids is 4. The quantitative estimate of drug-likeness (QED) is 0.185. The van der Waals surface area contributed by atoms with E-state index in [2.05, 4.69) is 19.9 Å². The molecule has 4 N–H and O–H groups in total. The van der Waals surface area contributed by atoms with Crippen LogP contribution in [0, 0.1) is 0 Å². The largest absolute Gasteiger partial charge is 2.00 e. The molecular formula is C38H34Cd2N6O8. The standard InChI is InChI=1S/2C10H8N2.2C7H7NO2.2C2H4O2.2Cd/c2*1-3-7-11-9(5-1)10-6-2-4-8-12-10;2*8-6-3-1-5(2-4-6)7(9)10;2*1-2(3)4;;/h2*1-8H;2*1-4H,8H2,(H,9,10);2*1H3,(H,3,4);;/q;;;;;;2*+2/p-4. The van der Waals surface area contributed by atoms with Crippen molar-refractivity contribution in [2.24, 2.45) is 0 Å². The maximum atomic E-state index is 10.2. The van der Waals surface area contributed by atoms with Gasteiger partial charge in [0.25, 0.3) is 0 Å². The normalized spacial score (nSPS) is 8.63. The van der Waals surface area contributed by atoms with Crippen molar-refractivity contribution >= 4 is 35.3 Å². The van der Waals surface area contributed by atoms with Gasteiger partial charge in [-0.1, -0.05) is 48.5 Å². The molecule has 0 unspecified atom stereocenters. The molecule has 0 aliphatic rings. The summed E-state index contributed by atoms with van der Waals surface area (Å²) in [7, 11) is 0. The summed E-state index contributed by atoms with van der Waals surface area (Å²) in [5.41, 5.74) is 15.7. The summed E-state index contributed by atoms with van der Waals surface area (Å²) in [6, 6.07) is 34.9. The van der Waals surface area contributed by atoms with Crippen LogP contribution in [-0.2, 0) is 64.2 Å². The Kier molecular flexibility index (Phi) is 27.9. The molecule has 6 aromatic rings. The smallest absolute Gasteiger partial charge is 0.550 e. The van der Waals surface area contributed by atoms with Gasteiger partial charge in [-0.3, -0.25) is 19.9 Å². The Balaban J connectivity index is 0. The minimum Gasteiger partial charge on any atom is -0.550 e. The molecule has 0 aliphatic carbocycles. The SMILES string of the molecule is CC(=O)[O-].CC(=O)[O-].Nc1ccc(C(=O)[O-])cc1.Nc1ccc(C(=O)[O-])cc1.[Cd+2].[Cd+2].c1ccc(-c2ccccn2)nc1.c1ccc(-c2ccccn2)nc1. The van der Waals surface area contributed by atoms with E-state index < -0.39 is 23.9 Å². The Bertz CT molecular complexity index is 1690. The van der Waals surface area contributed by atoms with E-state index in [-0.39, 0.29) is 65.7 Å². The van der Waals surface area contributed by atoms with Crippen LogP contribution in [0.2, 0.25) is 0 Å². The first-order valence-corrected chi connectivity index (χ1v) is 14.9. The predicted octanol–water partition coefficient (Wildman–Crippen LogP) is 1.06. The van der Waals surface area contributed by atoms with E-state index in [1.54, 1.807) is 24.8 Å². The number of hydrogen-bond acceptors (Lipinski definition) is 14. The van der Waals surface area contributed by atoms with Crippen molar-refractivity contribution < 1.29 is 94.2 Å². The zero-order valence-electron chi connectivity index (χ0n) is 29.5. The van der Waals surface area contributed by atoms with E-state index in [9.17, 15) is 19.8 Å². The number of carboxylic acids is 4. The second-order valence-corrected chi connectivity index (χ2v) is 9.66. The first kappa shape index (κ1) is 50.5. The number of anilines is 2. The van der Waals surface area contributed by atoms with Gasteiger partial charge in [0.1, 0.15) is 0 Å². The third-order valence-electron chi connectivity index (χ3n) is 5.48. The van der Waals surface area contributed by atoms with Gasteiger partial charge in [0.05, 0.1) is 34.7 Å². The van der Waals surface area contributed by atoms with Gasteiger partial charge < -0.3 is 51.1 Å². The molecule has 0 fully saturated rings. The molecule has 4 aromatic heterocycles. The molecule has 0 atom stereocenters. The summed E-state index contributed by atoms with van der Waals surface area (Å²) in [4.78, 5) is 54.8. The van der Waals surface area contributed by atoms with Crippen LogP contribution in [0.25, 0.3) is 22.8 Å². The van der Waals surface area contributed by atoms with Gasteiger partial charge >= 0.3 is 54.6 Å². The van der Waals surface area contributed by atoms with Crippen LogP contribution in [0.1, 0.15) is 34.6 Å². The summed E-state index contributed by atoms with van der Waals surface area (Å²) in [6.45, 7) is 1.94. The van der Waals surface area contributed by atoms with Crippen LogP contribution in [0.15, 0.2) is 146 Å². The summed E-state index contributed by atoms with van der Waals surface area (Å²) >= 11 is 0. The van der Waals surface area contributed by atoms with Gasteiger partial charge in [0, 0.05) is 48.1 Å². The molecule has 2 aromatic carbocycles. The fourth-order valence-electron chi connectivity index (χ4n) is 3.30. The Hall–Kier alpha value is -5.64. The van der Waals surface area contributed by atoms with Crippen molar-refractivity contribution in [1.82, 2.24) is 19.9 Å². The monoisotopic (exact) mass is 930 g/mol. The van der Waals surface area contributed by atoms with Gasteiger partial charge in [-0.15, -0.1) is 0 Å². The van der Waals surface area contributed by atoms with Crippen LogP contribution in [0.4, 0.5) is 11.4 Å². The molecule has 0 radical (unpaired) electrons. The minimum atomic E-state index is -1.18. The van der Waals surface area contributed by atoms with E-state index in [0.717, 1.165) is 36.6 Å². The molecule has 4 heterocycles. The maximum Gasteiger partial charge on any atom is 2.00 e. The van der Waals surface area contributed by atoms with Crippen LogP contribution in [0.5, 0.6) is 0 Å². The topological polar surface area (TPSA) is 264 Å². The molecule has 0 aliphatic heterocycles. The van der Waals surface area contributed by atoms with E-state index in [0.29, 0.717) is 11.4 Å². The van der Waals surface area contributed by atoms with E-state index >= 15 is 0 Å². The van der Waals surface area contributed by atoms with Crippen LogP contribution < -0.4 is 31.9 Å². The number of nitrogens with two attached hydrogens (primary N) is 2. The minimum absolute atomic E-state index is 0. The number of benzene rings is 2. The Morgan fingerprint density at radius 1 is 0.407 bits per heavy atom. The number of carboxylic acid groups (broad SMARTS) is 4. The number of carbonyl (C=O) groups is 4. The summed E-state index contributed by atoms with van der Waals surface area (Å²) in [5.74, 6) is -4.53. The average Bonchev–Trinajstić information content (AvgIpc) is 3.14. The molecule has 0 saturated carbocycles. The second-order valence-electron chi connectivity index (χ2n) is 9.66. The van der Waals surface area contributed by atoms with E-state index in [1.807, 2.05) is 72.8 Å². The predicted molar refractivity (Wildman–Crippen MR) is 187 cm³/mol. The van der Waals surface area contributed by atoms with Gasteiger partial charge in [0.15, 0.2) is 0 Å². The molecule has 0 spiro atoms. The van der Waals surface area contributed by atoms with E-state index in [4.69, 9.17) is 31.3 Å². The number of nitrogen functional groups attached to an aromatic ring is 2. The fraction of sp³-hybridized carbons (Fsp3) is 0.0526. The van der Waals surface area contributed by atoms with Crippen molar-refractivity contribution in [1.29, 1.82) is 0 Å². The molecule has 0 bridgehead atoms. The molecule has 0 amide bonds. The van der Waals surface area contributed by atoms with Crippen molar-refractivity contribution in [3.05, 3.63) is 157 Å². The Morgan fingerprint density at radius 2 is 0.611 bits per heavy atom. The average molecular weight is 928 g/mol. The van der Waals surface area contributed by atoms with Gasteiger partial charge in [-0.05, 0) is 97.8 Å². The van der Waals surface area contributed by atoms with Crippen LogP contribution in [-0.4, -0.2) is 43.8 Å². The van der Waals surface area contributed by atoms with Crippen LogP contribution >= 0.6 is 0 Å². The third kappa shape index (κ3) is 24.5. The first-order valence-electron chi connectivity index (χ1n) is 14.9. The van der Waals surface area contributed by atoms with Crippen molar-refractivity contribution in [3.8, 4) is 22.8 Å². The molecule has 268 valence electrons. The molecular weight excluding hydrogens is 893 g/mol. The molecule has 14 nitrogen and oxygen atoms in total. The number of aromatic nitrogens is 4. The zero-order valence-corrected chi connectivity index (χ0v) is 37.6. The van der Waals surface area contributed by atoms with Gasteiger partial charge in [0.2, 0.25) is 0 Å². The van der Waals surface area contributed by atoms with Crippen LogP contribution in [0.3, 0.4) is 0 Å². The molecule has 16 heteroatoms. The number of aromatic carboxylic acids is 2. The Morgan fingerprint density at radius 3 is 0.759 bits per heavy atom. The summed E-state index contributed by atoms with van der Waals surface area (Å²) in [6.07, 6.45) is 7.07. The fourth-order valence-corrected chi connectivity index (χ4v) is 3.30. The van der Waals surface area contributed by atoms with Crippen molar-refractivity contribution in [2.75, 3.05) is 11.5 Å². The van der Waals surface area contributed by atoms with Crippen molar-refractivity contribution in [2.45, 2.75) is 13.8 Å². The first-order chi connectivity index (χ1) is 24.8. The number of nitrogens with zero attached hydrogens (tertiary/aromatic N) is 4. The van der Waals surface area contributed by atoms with Gasteiger partial charge in [-0.2, -0.15) is 0 Å². The maximum absolute atomic E-state index is 10.2. The van der Waals surface area contributed by atoms with E-state index in [1.165, 1.54) is 48.5 Å². The number of rotatable bonds is 4. The zero-order chi connectivity index (χ0) is 38.7.